The zero-order valence-electron chi connectivity index (χ0n) is 14.7. The summed E-state index contributed by atoms with van der Waals surface area (Å²) in [5.74, 6) is 0.647. The van der Waals surface area contributed by atoms with E-state index in [9.17, 15) is 4.79 Å². The van der Waals surface area contributed by atoms with Gasteiger partial charge >= 0.3 is 0 Å². The number of carbonyl (C=O) groups is 1. The molecule has 0 saturated carbocycles. The van der Waals surface area contributed by atoms with Gasteiger partial charge in [-0.15, -0.1) is 0 Å². The lowest BCUT2D eigenvalue weighted by Crippen LogP contribution is -2.39. The van der Waals surface area contributed by atoms with Crippen LogP contribution < -0.4 is 0 Å². The number of benzene rings is 1. The van der Waals surface area contributed by atoms with Crippen molar-refractivity contribution in [2.45, 2.75) is 19.8 Å². The van der Waals surface area contributed by atoms with Crippen LogP contribution in [0.2, 0.25) is 0 Å². The molecule has 3 rings (SSSR count). The Morgan fingerprint density at radius 2 is 2.04 bits per heavy atom. The zero-order valence-corrected chi connectivity index (χ0v) is 16.3. The molecule has 5 heteroatoms. The molecule has 25 heavy (non-hydrogen) atoms. The first-order valence-corrected chi connectivity index (χ1v) is 9.39. The Bertz CT molecular complexity index is 755. The Labute approximate surface area is 157 Å². The van der Waals surface area contributed by atoms with Gasteiger partial charge in [-0.05, 0) is 49.9 Å². The zero-order chi connectivity index (χ0) is 17.8. The number of methoxy groups -OCH3 is 1. The van der Waals surface area contributed by atoms with Crippen molar-refractivity contribution in [1.29, 1.82) is 0 Å². The summed E-state index contributed by atoms with van der Waals surface area (Å²) in [6.07, 6.45) is 2.00. The highest BCUT2D eigenvalue weighted by molar-refractivity contribution is 9.10. The third-order valence-electron chi connectivity index (χ3n) is 4.74. The van der Waals surface area contributed by atoms with Gasteiger partial charge in [-0.25, -0.2) is 0 Å². The van der Waals surface area contributed by atoms with Gasteiger partial charge in [0.2, 0.25) is 0 Å². The molecule has 0 spiro atoms. The fraction of sp³-hybridized carbons (Fsp3) is 0.400. The number of amides is 1. The molecular formula is C20H23BrN2O2. The predicted molar refractivity (Wildman–Crippen MR) is 103 cm³/mol. The molecule has 1 aromatic carbocycles. The fourth-order valence-electron chi connectivity index (χ4n) is 3.30. The average Bonchev–Trinajstić information content (AvgIpc) is 2.62. The molecule has 1 amide bonds. The maximum Gasteiger partial charge on any atom is 0.255 e. The van der Waals surface area contributed by atoms with Crippen LogP contribution in [-0.2, 0) is 4.74 Å². The molecule has 0 bridgehead atoms. The third-order valence-corrected chi connectivity index (χ3v) is 5.23. The normalized spacial score (nSPS) is 15.4. The second-order valence-electron chi connectivity index (χ2n) is 6.53. The Hall–Kier alpha value is -1.72. The average molecular weight is 403 g/mol. The van der Waals surface area contributed by atoms with E-state index in [1.165, 1.54) is 0 Å². The first-order chi connectivity index (χ1) is 12.1. The standard InChI is InChI=1S/C20H23BrN2O2/c1-14-18(20(24)23-10-8-15(9-11-23)13-25-2)6-7-19(22-14)16-4-3-5-17(21)12-16/h3-7,12,15H,8-11,13H2,1-2H3. The number of aryl methyl sites for hydroxylation is 1. The van der Waals surface area contributed by atoms with Gasteiger partial charge in [0.1, 0.15) is 0 Å². The molecule has 0 aliphatic carbocycles. The Kier molecular flexibility index (Phi) is 5.86. The predicted octanol–water partition coefficient (Wildman–Crippen LogP) is 4.32. The van der Waals surface area contributed by atoms with E-state index in [-0.39, 0.29) is 5.91 Å². The fourth-order valence-corrected chi connectivity index (χ4v) is 3.70. The minimum Gasteiger partial charge on any atom is -0.384 e. The lowest BCUT2D eigenvalue weighted by molar-refractivity contribution is 0.0612. The molecule has 2 aromatic rings. The van der Waals surface area contributed by atoms with Crippen LogP contribution in [0.25, 0.3) is 11.3 Å². The van der Waals surface area contributed by atoms with Crippen LogP contribution >= 0.6 is 15.9 Å². The number of piperidine rings is 1. The summed E-state index contributed by atoms with van der Waals surface area (Å²) < 4.78 is 6.24. The van der Waals surface area contributed by atoms with Crippen molar-refractivity contribution < 1.29 is 9.53 Å². The van der Waals surface area contributed by atoms with Crippen molar-refractivity contribution in [3.05, 3.63) is 52.1 Å². The highest BCUT2D eigenvalue weighted by Crippen LogP contribution is 2.24. The molecule has 1 fully saturated rings. The van der Waals surface area contributed by atoms with Crippen LogP contribution in [0, 0.1) is 12.8 Å². The van der Waals surface area contributed by atoms with Crippen LogP contribution in [0.4, 0.5) is 0 Å². The van der Waals surface area contributed by atoms with E-state index in [0.717, 1.165) is 54.0 Å². The summed E-state index contributed by atoms with van der Waals surface area (Å²) in [5, 5.41) is 0. The maximum absolute atomic E-state index is 12.8. The number of rotatable bonds is 4. The summed E-state index contributed by atoms with van der Waals surface area (Å²) >= 11 is 3.49. The number of likely N-dealkylation sites (tertiary alicyclic amines) is 1. The minimum absolute atomic E-state index is 0.0849. The van der Waals surface area contributed by atoms with Crippen LogP contribution in [0.1, 0.15) is 28.9 Å². The second-order valence-corrected chi connectivity index (χ2v) is 7.45. The monoisotopic (exact) mass is 402 g/mol. The largest absolute Gasteiger partial charge is 0.384 e. The molecule has 1 saturated heterocycles. The van der Waals surface area contributed by atoms with Gasteiger partial charge in [0, 0.05) is 36.8 Å². The summed E-state index contributed by atoms with van der Waals surface area (Å²) in [6.45, 7) is 4.27. The first kappa shape index (κ1) is 18.1. The molecule has 0 radical (unpaired) electrons. The van der Waals surface area contributed by atoms with Crippen molar-refractivity contribution >= 4 is 21.8 Å². The van der Waals surface area contributed by atoms with Crippen molar-refractivity contribution in [2.24, 2.45) is 5.92 Å². The summed E-state index contributed by atoms with van der Waals surface area (Å²) in [7, 11) is 1.74. The summed E-state index contributed by atoms with van der Waals surface area (Å²) in [4.78, 5) is 19.4. The lowest BCUT2D eigenvalue weighted by Gasteiger charge is -2.32. The highest BCUT2D eigenvalue weighted by Gasteiger charge is 2.24. The molecule has 0 N–H and O–H groups in total. The molecule has 1 aliphatic heterocycles. The topological polar surface area (TPSA) is 42.4 Å². The summed E-state index contributed by atoms with van der Waals surface area (Å²) in [6, 6.07) is 11.9. The number of halogens is 1. The number of nitrogens with zero attached hydrogens (tertiary/aromatic N) is 2. The van der Waals surface area contributed by atoms with E-state index in [4.69, 9.17) is 4.74 Å². The van der Waals surface area contributed by atoms with Gasteiger partial charge in [-0.3, -0.25) is 9.78 Å². The van der Waals surface area contributed by atoms with Crippen LogP contribution in [-0.4, -0.2) is 42.6 Å². The van der Waals surface area contributed by atoms with Crippen molar-refractivity contribution in [3.63, 3.8) is 0 Å². The molecule has 1 aromatic heterocycles. The lowest BCUT2D eigenvalue weighted by atomic mass is 9.97. The number of hydrogen-bond acceptors (Lipinski definition) is 3. The second kappa shape index (κ2) is 8.11. The number of carbonyl (C=O) groups excluding carboxylic acids is 1. The number of aromatic nitrogens is 1. The first-order valence-electron chi connectivity index (χ1n) is 8.60. The third kappa shape index (κ3) is 4.28. The summed E-state index contributed by atoms with van der Waals surface area (Å²) in [5.41, 5.74) is 3.40. The van der Waals surface area contributed by atoms with Gasteiger partial charge < -0.3 is 9.64 Å². The molecule has 0 unspecified atom stereocenters. The van der Waals surface area contributed by atoms with Gasteiger partial charge in [0.25, 0.3) is 5.91 Å². The van der Waals surface area contributed by atoms with Gasteiger partial charge in [0.05, 0.1) is 17.0 Å². The number of ether oxygens (including phenoxy) is 1. The van der Waals surface area contributed by atoms with Crippen molar-refractivity contribution in [1.82, 2.24) is 9.88 Å². The van der Waals surface area contributed by atoms with Crippen molar-refractivity contribution in [2.75, 3.05) is 26.8 Å². The van der Waals surface area contributed by atoms with E-state index >= 15 is 0 Å². The molecule has 4 nitrogen and oxygen atoms in total. The van der Waals surface area contributed by atoms with Gasteiger partial charge in [-0.2, -0.15) is 0 Å². The molecule has 1 aliphatic rings. The van der Waals surface area contributed by atoms with Crippen LogP contribution in [0.5, 0.6) is 0 Å². The smallest absolute Gasteiger partial charge is 0.255 e. The van der Waals surface area contributed by atoms with E-state index in [1.807, 2.05) is 48.2 Å². The van der Waals surface area contributed by atoms with E-state index in [0.29, 0.717) is 11.5 Å². The van der Waals surface area contributed by atoms with E-state index in [1.54, 1.807) is 7.11 Å². The van der Waals surface area contributed by atoms with E-state index < -0.39 is 0 Å². The van der Waals surface area contributed by atoms with Crippen LogP contribution in [0.3, 0.4) is 0 Å². The van der Waals surface area contributed by atoms with Gasteiger partial charge in [-0.1, -0.05) is 28.1 Å². The Morgan fingerprint density at radius 1 is 1.28 bits per heavy atom. The quantitative estimate of drug-likeness (QED) is 0.764. The number of hydrogen-bond donors (Lipinski definition) is 0. The van der Waals surface area contributed by atoms with Gasteiger partial charge in [0.15, 0.2) is 0 Å². The molecule has 0 atom stereocenters. The molecule has 132 valence electrons. The SMILES string of the molecule is COCC1CCN(C(=O)c2ccc(-c3cccc(Br)c3)nc2C)CC1. The Morgan fingerprint density at radius 3 is 2.68 bits per heavy atom. The van der Waals surface area contributed by atoms with E-state index in [2.05, 4.69) is 20.9 Å². The van der Waals surface area contributed by atoms with Crippen LogP contribution in [0.15, 0.2) is 40.9 Å². The minimum atomic E-state index is 0.0849. The molecule has 2 heterocycles. The number of pyridine rings is 1. The highest BCUT2D eigenvalue weighted by atomic mass is 79.9. The maximum atomic E-state index is 12.8. The molecular weight excluding hydrogens is 380 g/mol. The Balaban J connectivity index is 1.74. The van der Waals surface area contributed by atoms with Crippen molar-refractivity contribution in [3.8, 4) is 11.3 Å².